The number of anilines is 1. The molecule has 0 N–H and O–H groups in total. The monoisotopic (exact) mass is 326 g/mol. The van der Waals surface area contributed by atoms with E-state index < -0.39 is 17.4 Å². The van der Waals surface area contributed by atoms with Crippen LogP contribution in [0.3, 0.4) is 0 Å². The number of likely N-dealkylation sites (N-methyl/N-ethyl adjacent to an activating group) is 1. The van der Waals surface area contributed by atoms with Crippen LogP contribution in [-0.2, 0) is 19.1 Å². The average molecular weight is 326 g/mol. The Morgan fingerprint density at radius 1 is 1.08 bits per heavy atom. The van der Waals surface area contributed by atoms with Crippen molar-refractivity contribution in [3.8, 4) is 0 Å². The minimum Gasteiger partial charge on any atom is -0.493 e. The number of ketones is 1. The summed E-state index contributed by atoms with van der Waals surface area (Å²) < 4.78 is 5.19. The van der Waals surface area contributed by atoms with E-state index in [1.165, 1.54) is 12.0 Å². The molecule has 2 bridgehead atoms. The van der Waals surface area contributed by atoms with Gasteiger partial charge in [-0.1, -0.05) is 18.2 Å². The largest absolute Gasteiger partial charge is 0.493 e. The number of ether oxygens (including phenoxy) is 1. The molecule has 0 radical (unpaired) electrons. The third-order valence-corrected chi connectivity index (χ3v) is 5.74. The van der Waals surface area contributed by atoms with Crippen molar-refractivity contribution < 1.29 is 19.1 Å². The van der Waals surface area contributed by atoms with Crippen molar-refractivity contribution in [3.05, 3.63) is 42.2 Å². The second kappa shape index (κ2) is 4.77. The van der Waals surface area contributed by atoms with Crippen LogP contribution in [0, 0.1) is 11.8 Å². The topological polar surface area (TPSA) is 66.9 Å². The van der Waals surface area contributed by atoms with Gasteiger partial charge in [0.15, 0.2) is 5.76 Å². The Kier molecular flexibility index (Phi) is 3.00. The third-order valence-electron chi connectivity index (χ3n) is 5.74. The molecule has 3 heterocycles. The van der Waals surface area contributed by atoms with E-state index in [9.17, 15) is 14.4 Å². The maximum absolute atomic E-state index is 13.1. The van der Waals surface area contributed by atoms with E-state index in [4.69, 9.17) is 4.74 Å². The van der Waals surface area contributed by atoms with Crippen molar-refractivity contribution in [2.75, 3.05) is 19.1 Å². The number of hydrogen-bond donors (Lipinski definition) is 0. The zero-order valence-corrected chi connectivity index (χ0v) is 13.7. The Bertz CT molecular complexity index is 787. The van der Waals surface area contributed by atoms with E-state index in [1.54, 1.807) is 44.3 Å². The first-order chi connectivity index (χ1) is 11.4. The number of hydrogen-bond acceptors (Lipinski definition) is 5. The quantitative estimate of drug-likeness (QED) is 0.758. The lowest BCUT2D eigenvalue weighted by Crippen LogP contribution is -2.57. The first-order valence-electron chi connectivity index (χ1n) is 7.89. The Balaban J connectivity index is 1.85. The van der Waals surface area contributed by atoms with Gasteiger partial charge in [0.05, 0.1) is 30.2 Å². The van der Waals surface area contributed by atoms with E-state index >= 15 is 0 Å². The minimum atomic E-state index is -1.06. The molecular weight excluding hydrogens is 308 g/mol. The van der Waals surface area contributed by atoms with Gasteiger partial charge < -0.3 is 4.74 Å². The van der Waals surface area contributed by atoms with Gasteiger partial charge in [-0.2, -0.15) is 0 Å². The Morgan fingerprint density at radius 3 is 2.38 bits per heavy atom. The Hall–Kier alpha value is -2.47. The molecule has 0 aromatic heterocycles. The molecule has 3 aliphatic rings. The van der Waals surface area contributed by atoms with E-state index in [1.807, 2.05) is 11.0 Å². The van der Waals surface area contributed by atoms with Crippen molar-refractivity contribution in [2.24, 2.45) is 11.8 Å². The number of nitrogens with zero attached hydrogens (tertiary/aromatic N) is 2. The summed E-state index contributed by atoms with van der Waals surface area (Å²) >= 11 is 0. The fraction of sp³-hybridized carbons (Fsp3) is 0.389. The van der Waals surface area contributed by atoms with Crippen LogP contribution in [0.2, 0.25) is 0 Å². The first kappa shape index (κ1) is 15.1. The summed E-state index contributed by atoms with van der Waals surface area (Å²) in [4.78, 5) is 42.1. The molecule has 4 unspecified atom stereocenters. The fourth-order valence-corrected chi connectivity index (χ4v) is 4.39. The molecule has 24 heavy (non-hydrogen) atoms. The van der Waals surface area contributed by atoms with Gasteiger partial charge in [-0.05, 0) is 32.2 Å². The highest BCUT2D eigenvalue weighted by atomic mass is 16.5. The van der Waals surface area contributed by atoms with Crippen molar-refractivity contribution in [3.63, 3.8) is 0 Å². The normalized spacial score (nSPS) is 35.3. The number of Topliss-reactive ketones (excluding diaryl/α,β-unsaturated/α-hetero) is 1. The maximum atomic E-state index is 13.1. The SMILES string of the molecule is COC1=CC2C3C(=O)N(c4ccccc4)C(=O)C3C(C)(C1=O)N2C. The van der Waals surface area contributed by atoms with Gasteiger partial charge in [0.1, 0.15) is 0 Å². The lowest BCUT2D eigenvalue weighted by atomic mass is 9.79. The van der Waals surface area contributed by atoms with Gasteiger partial charge in [0.25, 0.3) is 0 Å². The molecule has 4 atom stereocenters. The summed E-state index contributed by atoms with van der Waals surface area (Å²) in [6.07, 6.45) is 1.68. The Morgan fingerprint density at radius 2 is 1.75 bits per heavy atom. The molecule has 3 aliphatic heterocycles. The van der Waals surface area contributed by atoms with Gasteiger partial charge in [0.2, 0.25) is 17.6 Å². The Labute approximate surface area is 139 Å². The summed E-state index contributed by atoms with van der Waals surface area (Å²) in [6.45, 7) is 1.73. The summed E-state index contributed by atoms with van der Waals surface area (Å²) in [6, 6.07) is 8.54. The number of benzene rings is 1. The number of carbonyl (C=O) groups excluding carboxylic acids is 3. The highest BCUT2D eigenvalue weighted by Crippen LogP contribution is 2.52. The average Bonchev–Trinajstić information content (AvgIpc) is 2.93. The second-order valence-electron chi connectivity index (χ2n) is 6.66. The van der Waals surface area contributed by atoms with Crippen molar-refractivity contribution in [2.45, 2.75) is 18.5 Å². The standard InChI is InChI=1S/C18H18N2O4/c1-18-14-13(11(19(18)2)9-12(24-3)15(18)21)16(22)20(17(14)23)10-7-5-4-6-8-10/h4-9,11,13-14H,1-3H3. The fourth-order valence-electron chi connectivity index (χ4n) is 4.39. The van der Waals surface area contributed by atoms with Crippen LogP contribution in [-0.4, -0.2) is 48.2 Å². The van der Waals surface area contributed by atoms with Crippen LogP contribution in [0.15, 0.2) is 42.2 Å². The van der Waals surface area contributed by atoms with Gasteiger partial charge in [-0.3, -0.25) is 19.3 Å². The third kappa shape index (κ3) is 1.56. The predicted molar refractivity (Wildman–Crippen MR) is 86.0 cm³/mol. The zero-order chi connectivity index (χ0) is 17.2. The maximum Gasteiger partial charge on any atom is 0.240 e. The molecule has 0 spiro atoms. The minimum absolute atomic E-state index is 0.238. The van der Waals surface area contributed by atoms with Gasteiger partial charge in [-0.15, -0.1) is 0 Å². The molecule has 1 aromatic carbocycles. The summed E-state index contributed by atoms with van der Waals surface area (Å²) in [5, 5.41) is 0. The molecule has 6 heteroatoms. The number of rotatable bonds is 2. The van der Waals surface area contributed by atoms with E-state index in [-0.39, 0.29) is 29.4 Å². The van der Waals surface area contributed by atoms with Crippen LogP contribution in [0.5, 0.6) is 0 Å². The predicted octanol–water partition coefficient (Wildman–Crippen LogP) is 0.978. The van der Waals surface area contributed by atoms with Crippen LogP contribution in [0.25, 0.3) is 0 Å². The lowest BCUT2D eigenvalue weighted by molar-refractivity contribution is -0.136. The number of methoxy groups -OCH3 is 1. The van der Waals surface area contributed by atoms with Crippen LogP contribution in [0.1, 0.15) is 6.92 Å². The molecule has 0 saturated carbocycles. The smallest absolute Gasteiger partial charge is 0.240 e. The molecule has 4 rings (SSSR count). The van der Waals surface area contributed by atoms with Gasteiger partial charge in [0, 0.05) is 6.04 Å². The highest BCUT2D eigenvalue weighted by Gasteiger charge is 2.70. The van der Waals surface area contributed by atoms with Crippen LogP contribution in [0.4, 0.5) is 5.69 Å². The molecule has 2 fully saturated rings. The van der Waals surface area contributed by atoms with E-state index in [0.717, 1.165) is 0 Å². The van der Waals surface area contributed by atoms with Gasteiger partial charge >= 0.3 is 0 Å². The molecule has 6 nitrogen and oxygen atoms in total. The number of carbonyl (C=O) groups is 3. The number of imide groups is 1. The van der Waals surface area contributed by atoms with Crippen molar-refractivity contribution >= 4 is 23.3 Å². The summed E-state index contributed by atoms with van der Waals surface area (Å²) in [5.41, 5.74) is -0.513. The van der Waals surface area contributed by atoms with E-state index in [0.29, 0.717) is 5.69 Å². The first-order valence-corrected chi connectivity index (χ1v) is 7.89. The molecular formula is C18H18N2O4. The lowest BCUT2D eigenvalue weighted by Gasteiger charge is -2.39. The summed E-state index contributed by atoms with van der Waals surface area (Å²) in [5.74, 6) is -1.83. The van der Waals surface area contributed by atoms with E-state index in [2.05, 4.69) is 0 Å². The van der Waals surface area contributed by atoms with Crippen LogP contribution >= 0.6 is 0 Å². The van der Waals surface area contributed by atoms with Gasteiger partial charge in [-0.25, -0.2) is 4.90 Å². The summed E-state index contributed by atoms with van der Waals surface area (Å²) in [7, 11) is 3.23. The molecule has 2 saturated heterocycles. The number of para-hydroxylation sites is 1. The van der Waals surface area contributed by atoms with Crippen molar-refractivity contribution in [1.29, 1.82) is 0 Å². The molecule has 124 valence electrons. The number of amides is 2. The highest BCUT2D eigenvalue weighted by molar-refractivity contribution is 6.25. The van der Waals surface area contributed by atoms with Crippen LogP contribution < -0.4 is 4.90 Å². The number of fused-ring (bicyclic) bond motifs is 5. The molecule has 1 aromatic rings. The van der Waals surface area contributed by atoms with Crippen molar-refractivity contribution in [1.82, 2.24) is 4.90 Å². The zero-order valence-electron chi connectivity index (χ0n) is 13.7. The molecule has 2 amide bonds. The molecule has 0 aliphatic carbocycles. The second-order valence-corrected chi connectivity index (χ2v) is 6.66.